The van der Waals surface area contributed by atoms with Crippen LogP contribution in [0.3, 0.4) is 0 Å². The van der Waals surface area contributed by atoms with Crippen LogP contribution in [0.5, 0.6) is 0 Å². The lowest BCUT2D eigenvalue weighted by Gasteiger charge is -2.00. The number of hydrogen-bond acceptors (Lipinski definition) is 3. The van der Waals surface area contributed by atoms with E-state index in [0.29, 0.717) is 11.9 Å². The van der Waals surface area contributed by atoms with Gasteiger partial charge in [-0.1, -0.05) is 18.2 Å². The molecule has 0 saturated heterocycles. The summed E-state index contributed by atoms with van der Waals surface area (Å²) in [5.74, 6) is 0. The molecule has 5 heteroatoms. The first-order valence-electron chi connectivity index (χ1n) is 4.94. The molecule has 2 aromatic rings. The van der Waals surface area contributed by atoms with Crippen LogP contribution in [-0.2, 0) is 16.4 Å². The van der Waals surface area contributed by atoms with Crippen LogP contribution in [0.25, 0.3) is 10.9 Å². The van der Waals surface area contributed by atoms with Crippen LogP contribution in [0.15, 0.2) is 30.5 Å². The number of nitrogens with zero attached hydrogens (tertiary/aromatic N) is 1. The monoisotopic (exact) mass is 239 g/mol. The van der Waals surface area contributed by atoms with Gasteiger partial charge in [0.2, 0.25) is 10.0 Å². The third kappa shape index (κ3) is 1.83. The first-order chi connectivity index (χ1) is 7.54. The number of aliphatic hydroxyl groups is 1. The van der Waals surface area contributed by atoms with Crippen molar-refractivity contribution in [3.8, 4) is 0 Å². The molecule has 1 heterocycles. The van der Waals surface area contributed by atoms with Crippen LogP contribution in [0.4, 0.5) is 0 Å². The molecule has 1 N–H and O–H groups in total. The van der Waals surface area contributed by atoms with Gasteiger partial charge in [0.25, 0.3) is 0 Å². The lowest BCUT2D eigenvalue weighted by molar-refractivity contribution is 0.300. The highest BCUT2D eigenvalue weighted by Crippen LogP contribution is 2.22. The maximum atomic E-state index is 11.6. The van der Waals surface area contributed by atoms with Crippen molar-refractivity contribution in [2.75, 3.05) is 12.9 Å². The molecule has 1 aromatic carbocycles. The summed E-state index contributed by atoms with van der Waals surface area (Å²) in [6.45, 7) is 0.0117. The Kier molecular flexibility index (Phi) is 2.73. The van der Waals surface area contributed by atoms with Crippen molar-refractivity contribution in [3.05, 3.63) is 36.0 Å². The zero-order chi connectivity index (χ0) is 11.8. The van der Waals surface area contributed by atoms with Crippen LogP contribution < -0.4 is 0 Å². The van der Waals surface area contributed by atoms with E-state index in [1.54, 1.807) is 18.3 Å². The summed E-state index contributed by atoms with van der Waals surface area (Å²) in [6.07, 6.45) is 3.21. The van der Waals surface area contributed by atoms with Gasteiger partial charge in [-0.3, -0.25) is 0 Å². The lowest BCUT2D eigenvalue weighted by atomic mass is 10.1. The third-order valence-electron chi connectivity index (χ3n) is 2.50. The van der Waals surface area contributed by atoms with Crippen LogP contribution >= 0.6 is 0 Å². The zero-order valence-electron chi connectivity index (χ0n) is 8.92. The first kappa shape index (κ1) is 11.2. The van der Waals surface area contributed by atoms with Crippen molar-refractivity contribution < 1.29 is 13.5 Å². The Morgan fingerprint density at radius 1 is 1.31 bits per heavy atom. The smallest absolute Gasteiger partial charge is 0.236 e. The Bertz CT molecular complexity index is 613. The third-order valence-corrected chi connectivity index (χ3v) is 3.52. The molecule has 86 valence electrons. The molecule has 0 bridgehead atoms. The quantitative estimate of drug-likeness (QED) is 0.868. The number of aliphatic hydroxyl groups excluding tert-OH is 1. The molecule has 1 aromatic heterocycles. The van der Waals surface area contributed by atoms with Crippen molar-refractivity contribution in [1.29, 1.82) is 0 Å². The van der Waals surface area contributed by atoms with E-state index < -0.39 is 10.0 Å². The van der Waals surface area contributed by atoms with Crippen LogP contribution in [0.2, 0.25) is 0 Å². The topological polar surface area (TPSA) is 59.3 Å². The molecule has 0 spiro atoms. The zero-order valence-corrected chi connectivity index (χ0v) is 9.74. The van der Waals surface area contributed by atoms with Gasteiger partial charge in [-0.25, -0.2) is 12.4 Å². The Morgan fingerprint density at radius 3 is 2.62 bits per heavy atom. The highest BCUT2D eigenvalue weighted by atomic mass is 32.2. The van der Waals surface area contributed by atoms with Gasteiger partial charge in [-0.15, -0.1) is 0 Å². The molecule has 4 nitrogen and oxygen atoms in total. The van der Waals surface area contributed by atoms with Gasteiger partial charge < -0.3 is 5.11 Å². The molecule has 0 aliphatic carbocycles. The minimum absolute atomic E-state index is 0.0117. The SMILES string of the molecule is CS(=O)(=O)n1cc(CCO)c2ccccc21. The van der Waals surface area contributed by atoms with Crippen molar-refractivity contribution in [3.63, 3.8) is 0 Å². The number of fused-ring (bicyclic) bond motifs is 1. The molecule has 2 rings (SSSR count). The normalized spacial score (nSPS) is 12.1. The largest absolute Gasteiger partial charge is 0.396 e. The standard InChI is InChI=1S/C11H13NO3S/c1-16(14,15)12-8-9(6-7-13)10-4-2-3-5-11(10)12/h2-5,8,13H,6-7H2,1H3. The Morgan fingerprint density at radius 2 is 2.00 bits per heavy atom. The number of hydrogen-bond donors (Lipinski definition) is 1. The van der Waals surface area contributed by atoms with Gasteiger partial charge in [0.15, 0.2) is 0 Å². The van der Waals surface area contributed by atoms with E-state index in [1.165, 1.54) is 10.2 Å². The van der Waals surface area contributed by atoms with Gasteiger partial charge >= 0.3 is 0 Å². The average Bonchev–Trinajstić information content (AvgIpc) is 2.58. The van der Waals surface area contributed by atoms with E-state index in [4.69, 9.17) is 5.11 Å². The molecule has 0 saturated carbocycles. The van der Waals surface area contributed by atoms with E-state index in [-0.39, 0.29) is 6.61 Å². The van der Waals surface area contributed by atoms with E-state index in [9.17, 15) is 8.42 Å². The summed E-state index contributed by atoms with van der Waals surface area (Å²) >= 11 is 0. The molecule has 0 radical (unpaired) electrons. The van der Waals surface area contributed by atoms with Crippen molar-refractivity contribution in [1.82, 2.24) is 3.97 Å². The summed E-state index contributed by atoms with van der Waals surface area (Å²) in [5, 5.41) is 9.81. The molecule has 0 aliphatic heterocycles. The van der Waals surface area contributed by atoms with Crippen LogP contribution in [0.1, 0.15) is 5.56 Å². The lowest BCUT2D eigenvalue weighted by Crippen LogP contribution is -2.08. The van der Waals surface area contributed by atoms with E-state index >= 15 is 0 Å². The van der Waals surface area contributed by atoms with Gasteiger partial charge in [-0.2, -0.15) is 0 Å². The van der Waals surface area contributed by atoms with Crippen molar-refractivity contribution in [2.24, 2.45) is 0 Å². The fourth-order valence-corrected chi connectivity index (χ4v) is 2.65. The van der Waals surface area contributed by atoms with Gasteiger partial charge in [0.1, 0.15) is 0 Å². The number of rotatable bonds is 3. The van der Waals surface area contributed by atoms with Crippen LogP contribution in [-0.4, -0.2) is 30.4 Å². The fraction of sp³-hybridized carbons (Fsp3) is 0.273. The second-order valence-corrected chi connectivity index (χ2v) is 5.56. The summed E-state index contributed by atoms with van der Waals surface area (Å²) in [7, 11) is -3.29. The number of para-hydroxylation sites is 1. The molecule has 0 atom stereocenters. The van der Waals surface area contributed by atoms with Crippen molar-refractivity contribution >= 4 is 20.9 Å². The molecule has 16 heavy (non-hydrogen) atoms. The second-order valence-electron chi connectivity index (χ2n) is 3.70. The summed E-state index contributed by atoms with van der Waals surface area (Å²) in [5.41, 5.74) is 1.51. The maximum absolute atomic E-state index is 11.6. The molecular formula is C11H13NO3S. The molecule has 0 fully saturated rings. The molecule has 0 amide bonds. The Labute approximate surface area is 94.2 Å². The van der Waals surface area contributed by atoms with E-state index in [1.807, 2.05) is 12.1 Å². The number of aromatic nitrogens is 1. The second kappa shape index (κ2) is 3.92. The predicted molar refractivity (Wildman–Crippen MR) is 63.0 cm³/mol. The van der Waals surface area contributed by atoms with Gasteiger partial charge in [0.05, 0.1) is 11.8 Å². The van der Waals surface area contributed by atoms with E-state index in [2.05, 4.69) is 0 Å². The Balaban J connectivity index is 2.77. The fourth-order valence-electron chi connectivity index (χ4n) is 1.81. The van der Waals surface area contributed by atoms with Crippen molar-refractivity contribution in [2.45, 2.75) is 6.42 Å². The minimum atomic E-state index is -3.29. The molecule has 0 unspecified atom stereocenters. The van der Waals surface area contributed by atoms with Gasteiger partial charge in [0, 0.05) is 18.2 Å². The highest BCUT2D eigenvalue weighted by Gasteiger charge is 2.13. The summed E-state index contributed by atoms with van der Waals surface area (Å²) in [6, 6.07) is 7.28. The highest BCUT2D eigenvalue weighted by molar-refractivity contribution is 7.89. The predicted octanol–water partition coefficient (Wildman–Crippen LogP) is 0.984. The van der Waals surface area contributed by atoms with Gasteiger partial charge in [-0.05, 0) is 18.1 Å². The Hall–Kier alpha value is -1.33. The minimum Gasteiger partial charge on any atom is -0.396 e. The number of benzene rings is 1. The van der Waals surface area contributed by atoms with Crippen LogP contribution in [0, 0.1) is 0 Å². The summed E-state index contributed by atoms with van der Waals surface area (Å²) in [4.78, 5) is 0. The molecule has 0 aliphatic rings. The maximum Gasteiger partial charge on any atom is 0.236 e. The molecular weight excluding hydrogens is 226 g/mol. The summed E-state index contributed by atoms with van der Waals surface area (Å²) < 4.78 is 24.4. The first-order valence-corrected chi connectivity index (χ1v) is 6.79. The van der Waals surface area contributed by atoms with E-state index in [0.717, 1.165) is 10.9 Å². The average molecular weight is 239 g/mol.